The highest BCUT2D eigenvalue weighted by Crippen LogP contribution is 2.13. The number of aryl methyl sites for hydroxylation is 1. The summed E-state index contributed by atoms with van der Waals surface area (Å²) in [5.74, 6) is 0.773. The van der Waals surface area contributed by atoms with Gasteiger partial charge in [-0.2, -0.15) is 5.10 Å². The van der Waals surface area contributed by atoms with Gasteiger partial charge < -0.3 is 10.5 Å². The van der Waals surface area contributed by atoms with E-state index in [1.165, 1.54) is 0 Å². The lowest BCUT2D eigenvalue weighted by molar-refractivity contribution is 0.290. The normalized spacial score (nSPS) is 12.3. The maximum atomic E-state index is 6.06. The maximum absolute atomic E-state index is 6.06. The van der Waals surface area contributed by atoms with Gasteiger partial charge >= 0.3 is 0 Å². The van der Waals surface area contributed by atoms with E-state index < -0.39 is 0 Å². The number of aromatic nitrogens is 2. The Morgan fingerprint density at radius 2 is 2.11 bits per heavy atom. The van der Waals surface area contributed by atoms with Crippen molar-refractivity contribution in [2.24, 2.45) is 5.73 Å². The summed E-state index contributed by atoms with van der Waals surface area (Å²) in [7, 11) is 0. The number of benzene rings is 1. The van der Waals surface area contributed by atoms with Crippen molar-refractivity contribution in [3.8, 4) is 5.75 Å². The van der Waals surface area contributed by atoms with Crippen LogP contribution in [0.1, 0.15) is 24.9 Å². The van der Waals surface area contributed by atoms with Gasteiger partial charge in [0.25, 0.3) is 0 Å². The van der Waals surface area contributed by atoms with E-state index in [4.69, 9.17) is 10.5 Å². The van der Waals surface area contributed by atoms with Crippen molar-refractivity contribution in [2.75, 3.05) is 6.61 Å². The van der Waals surface area contributed by atoms with Crippen LogP contribution >= 0.6 is 0 Å². The number of nitrogens with two attached hydrogens (primary N) is 1. The summed E-state index contributed by atoms with van der Waals surface area (Å²) < 4.78 is 7.52. The lowest BCUT2D eigenvalue weighted by Gasteiger charge is -2.12. The average Bonchev–Trinajstić information content (AvgIpc) is 2.85. The number of hydrogen-bond donors (Lipinski definition) is 1. The standard InChI is InChI=1S/C14H19N3O/c1-2-8-17-10-13(9-16-17)18-11-14(15)12-6-4-3-5-7-12/h3-7,9-10,14H,2,8,11,15H2,1H3. The molecule has 0 amide bonds. The Bertz CT molecular complexity index is 467. The monoisotopic (exact) mass is 245 g/mol. The molecule has 1 aromatic heterocycles. The topological polar surface area (TPSA) is 53.1 Å². The zero-order valence-corrected chi connectivity index (χ0v) is 10.6. The van der Waals surface area contributed by atoms with Crippen molar-refractivity contribution >= 4 is 0 Å². The fourth-order valence-corrected chi connectivity index (χ4v) is 1.75. The van der Waals surface area contributed by atoms with Crippen molar-refractivity contribution in [3.63, 3.8) is 0 Å². The summed E-state index contributed by atoms with van der Waals surface area (Å²) in [5, 5.41) is 4.21. The highest BCUT2D eigenvalue weighted by atomic mass is 16.5. The van der Waals surface area contributed by atoms with E-state index in [-0.39, 0.29) is 6.04 Å². The van der Waals surface area contributed by atoms with Crippen LogP contribution in [-0.2, 0) is 6.54 Å². The molecule has 2 aromatic rings. The van der Waals surface area contributed by atoms with Crippen LogP contribution in [0.4, 0.5) is 0 Å². The van der Waals surface area contributed by atoms with Gasteiger partial charge in [-0.05, 0) is 12.0 Å². The zero-order chi connectivity index (χ0) is 12.8. The van der Waals surface area contributed by atoms with E-state index in [0.29, 0.717) is 6.61 Å². The summed E-state index contributed by atoms with van der Waals surface area (Å²) in [6.07, 6.45) is 4.69. The Morgan fingerprint density at radius 1 is 1.33 bits per heavy atom. The third-order valence-electron chi connectivity index (χ3n) is 2.72. The molecule has 0 radical (unpaired) electrons. The molecule has 1 unspecified atom stereocenters. The zero-order valence-electron chi connectivity index (χ0n) is 10.6. The Morgan fingerprint density at radius 3 is 2.83 bits per heavy atom. The molecule has 0 aliphatic carbocycles. The van der Waals surface area contributed by atoms with Crippen LogP contribution < -0.4 is 10.5 Å². The van der Waals surface area contributed by atoms with Gasteiger partial charge in [-0.25, -0.2) is 0 Å². The second-order valence-electron chi connectivity index (χ2n) is 4.27. The van der Waals surface area contributed by atoms with Gasteiger partial charge in [-0.1, -0.05) is 37.3 Å². The molecular weight excluding hydrogens is 226 g/mol. The van der Waals surface area contributed by atoms with Crippen molar-refractivity contribution in [1.29, 1.82) is 0 Å². The first-order chi connectivity index (χ1) is 8.79. The summed E-state index contributed by atoms with van der Waals surface area (Å²) >= 11 is 0. The van der Waals surface area contributed by atoms with Crippen LogP contribution in [0.5, 0.6) is 5.75 Å². The molecule has 1 heterocycles. The van der Waals surface area contributed by atoms with E-state index in [1.807, 2.05) is 41.2 Å². The molecule has 0 saturated carbocycles. The fraction of sp³-hybridized carbons (Fsp3) is 0.357. The Labute approximate surface area is 107 Å². The molecule has 0 bridgehead atoms. The molecule has 2 rings (SSSR count). The predicted molar refractivity (Wildman–Crippen MR) is 71.4 cm³/mol. The Kier molecular flexibility index (Phi) is 4.36. The molecule has 2 N–H and O–H groups in total. The number of ether oxygens (including phenoxy) is 1. The molecule has 0 fully saturated rings. The highest BCUT2D eigenvalue weighted by molar-refractivity contribution is 5.19. The minimum Gasteiger partial charge on any atom is -0.488 e. The van der Waals surface area contributed by atoms with Crippen molar-refractivity contribution in [3.05, 3.63) is 48.3 Å². The van der Waals surface area contributed by atoms with Crippen LogP contribution in [0, 0.1) is 0 Å². The second kappa shape index (κ2) is 6.21. The average molecular weight is 245 g/mol. The summed E-state index contributed by atoms with van der Waals surface area (Å²) in [6, 6.07) is 9.85. The molecule has 0 spiro atoms. The minimum atomic E-state index is -0.110. The van der Waals surface area contributed by atoms with Gasteiger partial charge in [-0.3, -0.25) is 4.68 Å². The van der Waals surface area contributed by atoms with Gasteiger partial charge in [0.1, 0.15) is 6.61 Å². The first-order valence-corrected chi connectivity index (χ1v) is 6.25. The van der Waals surface area contributed by atoms with Crippen LogP contribution in [0.2, 0.25) is 0 Å². The van der Waals surface area contributed by atoms with Crippen molar-refractivity contribution in [1.82, 2.24) is 9.78 Å². The molecule has 96 valence electrons. The molecule has 0 aliphatic heterocycles. The fourth-order valence-electron chi connectivity index (χ4n) is 1.75. The quantitative estimate of drug-likeness (QED) is 0.850. The third-order valence-corrected chi connectivity index (χ3v) is 2.72. The molecule has 1 atom stereocenters. The van der Waals surface area contributed by atoms with Gasteiger partial charge in [0, 0.05) is 6.54 Å². The van der Waals surface area contributed by atoms with E-state index in [1.54, 1.807) is 6.20 Å². The summed E-state index contributed by atoms with van der Waals surface area (Å²) in [5.41, 5.74) is 7.14. The summed E-state index contributed by atoms with van der Waals surface area (Å²) in [4.78, 5) is 0. The SMILES string of the molecule is CCCn1cc(OCC(N)c2ccccc2)cn1. The van der Waals surface area contributed by atoms with E-state index in [9.17, 15) is 0 Å². The van der Waals surface area contributed by atoms with Gasteiger partial charge in [0.2, 0.25) is 0 Å². The molecule has 0 aliphatic rings. The molecule has 4 nitrogen and oxygen atoms in total. The molecule has 0 saturated heterocycles. The predicted octanol–water partition coefficient (Wildman–Crippen LogP) is 2.37. The van der Waals surface area contributed by atoms with Crippen molar-refractivity contribution in [2.45, 2.75) is 25.9 Å². The minimum absolute atomic E-state index is 0.110. The Balaban J connectivity index is 1.87. The van der Waals surface area contributed by atoms with Gasteiger partial charge in [0.05, 0.1) is 18.4 Å². The van der Waals surface area contributed by atoms with Crippen LogP contribution in [0.15, 0.2) is 42.7 Å². The van der Waals surface area contributed by atoms with Crippen LogP contribution in [0.25, 0.3) is 0 Å². The van der Waals surface area contributed by atoms with E-state index >= 15 is 0 Å². The van der Waals surface area contributed by atoms with Crippen molar-refractivity contribution < 1.29 is 4.74 Å². The largest absolute Gasteiger partial charge is 0.488 e. The summed E-state index contributed by atoms with van der Waals surface area (Å²) in [6.45, 7) is 3.49. The lowest BCUT2D eigenvalue weighted by atomic mass is 10.1. The van der Waals surface area contributed by atoms with Crippen LogP contribution in [-0.4, -0.2) is 16.4 Å². The molecule has 18 heavy (non-hydrogen) atoms. The molecule has 4 heteroatoms. The van der Waals surface area contributed by atoms with Gasteiger partial charge in [-0.15, -0.1) is 0 Å². The first-order valence-electron chi connectivity index (χ1n) is 6.25. The maximum Gasteiger partial charge on any atom is 0.157 e. The Hall–Kier alpha value is -1.81. The van der Waals surface area contributed by atoms with E-state index in [0.717, 1.165) is 24.3 Å². The second-order valence-corrected chi connectivity index (χ2v) is 4.27. The first kappa shape index (κ1) is 12.6. The highest BCUT2D eigenvalue weighted by Gasteiger charge is 2.07. The van der Waals surface area contributed by atoms with Crippen LogP contribution in [0.3, 0.4) is 0 Å². The number of rotatable bonds is 6. The lowest BCUT2D eigenvalue weighted by Crippen LogP contribution is -2.18. The van der Waals surface area contributed by atoms with Gasteiger partial charge in [0.15, 0.2) is 5.75 Å². The molecular formula is C14H19N3O. The molecule has 1 aromatic carbocycles. The van der Waals surface area contributed by atoms with E-state index in [2.05, 4.69) is 12.0 Å². The number of nitrogens with zero attached hydrogens (tertiary/aromatic N) is 2. The third kappa shape index (κ3) is 3.34. The number of hydrogen-bond acceptors (Lipinski definition) is 3. The smallest absolute Gasteiger partial charge is 0.157 e.